The van der Waals surface area contributed by atoms with Gasteiger partial charge < -0.3 is 10.5 Å². The molecule has 5 nitrogen and oxygen atoms in total. The van der Waals surface area contributed by atoms with Crippen molar-refractivity contribution in [3.8, 4) is 16.9 Å². The monoisotopic (exact) mass is 307 g/mol. The van der Waals surface area contributed by atoms with Crippen molar-refractivity contribution in [1.29, 1.82) is 0 Å². The number of ether oxygens (including phenoxy) is 1. The third-order valence-electron chi connectivity index (χ3n) is 3.43. The number of nitrogen functional groups attached to an aromatic ring is 1. The summed E-state index contributed by atoms with van der Waals surface area (Å²) in [4.78, 5) is 11.9. The van der Waals surface area contributed by atoms with Gasteiger partial charge in [0, 0.05) is 11.3 Å². The van der Waals surface area contributed by atoms with E-state index in [4.69, 9.17) is 10.5 Å². The largest absolute Gasteiger partial charge is 0.462 e. The third kappa shape index (κ3) is 3.08. The van der Waals surface area contributed by atoms with E-state index < -0.39 is 0 Å². The predicted octanol–water partition coefficient (Wildman–Crippen LogP) is 3.30. The first-order valence-electron chi connectivity index (χ1n) is 7.36. The van der Waals surface area contributed by atoms with Gasteiger partial charge in [-0.15, -0.1) is 0 Å². The van der Waals surface area contributed by atoms with E-state index in [0.29, 0.717) is 17.9 Å². The maximum Gasteiger partial charge on any atom is 0.338 e. The SMILES string of the molecule is CCOC(=O)c1cccc(-n2nccc2-c2cccc(N)c2)c1. The Hall–Kier alpha value is -3.08. The average molecular weight is 307 g/mol. The van der Waals surface area contributed by atoms with Gasteiger partial charge in [-0.3, -0.25) is 0 Å². The Kier molecular flexibility index (Phi) is 4.10. The molecule has 0 amide bonds. The second-order valence-electron chi connectivity index (χ2n) is 5.02. The van der Waals surface area contributed by atoms with E-state index in [1.54, 1.807) is 29.9 Å². The van der Waals surface area contributed by atoms with Gasteiger partial charge in [-0.1, -0.05) is 18.2 Å². The second-order valence-corrected chi connectivity index (χ2v) is 5.02. The molecule has 0 bridgehead atoms. The van der Waals surface area contributed by atoms with Crippen LogP contribution in [0.5, 0.6) is 0 Å². The minimum atomic E-state index is -0.341. The fourth-order valence-electron chi connectivity index (χ4n) is 2.40. The zero-order valence-corrected chi connectivity index (χ0v) is 12.8. The van der Waals surface area contributed by atoms with Gasteiger partial charge in [-0.2, -0.15) is 5.10 Å². The zero-order valence-electron chi connectivity index (χ0n) is 12.8. The van der Waals surface area contributed by atoms with Crippen molar-refractivity contribution in [1.82, 2.24) is 9.78 Å². The molecule has 5 heteroatoms. The standard InChI is InChI=1S/C18H17N3O2/c1-2-23-18(22)14-6-4-8-16(12-14)21-17(9-10-20-21)13-5-3-7-15(19)11-13/h3-12H,2,19H2,1H3. The lowest BCUT2D eigenvalue weighted by Gasteiger charge is -2.10. The van der Waals surface area contributed by atoms with E-state index in [9.17, 15) is 4.79 Å². The molecule has 23 heavy (non-hydrogen) atoms. The molecule has 0 spiro atoms. The Bertz CT molecular complexity index is 840. The average Bonchev–Trinajstić information content (AvgIpc) is 3.05. The number of rotatable bonds is 4. The molecule has 0 fully saturated rings. The summed E-state index contributed by atoms with van der Waals surface area (Å²) >= 11 is 0. The van der Waals surface area contributed by atoms with Crippen molar-refractivity contribution in [2.45, 2.75) is 6.92 Å². The topological polar surface area (TPSA) is 70.1 Å². The molecule has 1 heterocycles. The van der Waals surface area contributed by atoms with Gasteiger partial charge in [0.1, 0.15) is 0 Å². The smallest absolute Gasteiger partial charge is 0.338 e. The highest BCUT2D eigenvalue weighted by molar-refractivity contribution is 5.90. The molecule has 0 atom stereocenters. The Balaban J connectivity index is 2.02. The number of nitrogens with zero attached hydrogens (tertiary/aromatic N) is 2. The van der Waals surface area contributed by atoms with Crippen molar-refractivity contribution in [3.05, 3.63) is 66.4 Å². The summed E-state index contributed by atoms with van der Waals surface area (Å²) in [5, 5.41) is 4.36. The molecule has 2 N–H and O–H groups in total. The molecule has 1 aromatic heterocycles. The number of esters is 1. The molecule has 0 unspecified atom stereocenters. The second kappa shape index (κ2) is 6.36. The van der Waals surface area contributed by atoms with Crippen LogP contribution < -0.4 is 5.73 Å². The lowest BCUT2D eigenvalue weighted by molar-refractivity contribution is 0.0526. The lowest BCUT2D eigenvalue weighted by Crippen LogP contribution is -2.06. The number of carbonyl (C=O) groups excluding carboxylic acids is 1. The van der Waals surface area contributed by atoms with E-state index in [2.05, 4.69) is 5.10 Å². The van der Waals surface area contributed by atoms with Crippen LogP contribution in [0.15, 0.2) is 60.8 Å². The van der Waals surface area contributed by atoms with Gasteiger partial charge in [-0.25, -0.2) is 9.48 Å². The first-order chi connectivity index (χ1) is 11.2. The lowest BCUT2D eigenvalue weighted by atomic mass is 10.1. The Morgan fingerprint density at radius 2 is 2.00 bits per heavy atom. The zero-order chi connectivity index (χ0) is 16.2. The van der Waals surface area contributed by atoms with E-state index in [1.807, 2.05) is 42.5 Å². The molecule has 2 aromatic carbocycles. The maximum absolute atomic E-state index is 11.9. The van der Waals surface area contributed by atoms with Crippen LogP contribution in [0.25, 0.3) is 16.9 Å². The van der Waals surface area contributed by atoms with Crippen LogP contribution in [0.2, 0.25) is 0 Å². The van der Waals surface area contributed by atoms with Crippen LogP contribution in [0.1, 0.15) is 17.3 Å². The molecule has 0 aliphatic heterocycles. The van der Waals surface area contributed by atoms with E-state index >= 15 is 0 Å². The molecular formula is C18H17N3O2. The summed E-state index contributed by atoms with van der Waals surface area (Å²) in [6, 6.07) is 16.7. The Morgan fingerprint density at radius 3 is 2.78 bits per heavy atom. The number of hydrogen-bond donors (Lipinski definition) is 1. The van der Waals surface area contributed by atoms with Crippen molar-refractivity contribution >= 4 is 11.7 Å². The summed E-state index contributed by atoms with van der Waals surface area (Å²) < 4.78 is 6.82. The quantitative estimate of drug-likeness (QED) is 0.593. The molecular weight excluding hydrogens is 290 g/mol. The van der Waals surface area contributed by atoms with Crippen LogP contribution >= 0.6 is 0 Å². The first kappa shape index (κ1) is 14.8. The van der Waals surface area contributed by atoms with Gasteiger partial charge in [0.05, 0.1) is 29.7 Å². The predicted molar refractivity (Wildman–Crippen MR) is 89.4 cm³/mol. The number of aromatic nitrogens is 2. The van der Waals surface area contributed by atoms with Crippen LogP contribution in [0, 0.1) is 0 Å². The minimum absolute atomic E-state index is 0.341. The summed E-state index contributed by atoms with van der Waals surface area (Å²) in [5.74, 6) is -0.341. The summed E-state index contributed by atoms with van der Waals surface area (Å²) in [6.45, 7) is 2.13. The number of nitrogens with two attached hydrogens (primary N) is 1. The molecule has 0 radical (unpaired) electrons. The van der Waals surface area contributed by atoms with Crippen LogP contribution in [0.3, 0.4) is 0 Å². The van der Waals surface area contributed by atoms with Gasteiger partial charge in [-0.05, 0) is 43.3 Å². The van der Waals surface area contributed by atoms with Gasteiger partial charge in [0.25, 0.3) is 0 Å². The molecule has 3 rings (SSSR count). The molecule has 0 saturated carbocycles. The highest BCUT2D eigenvalue weighted by Gasteiger charge is 2.11. The van der Waals surface area contributed by atoms with Crippen molar-refractivity contribution < 1.29 is 9.53 Å². The third-order valence-corrected chi connectivity index (χ3v) is 3.43. The molecule has 0 aliphatic carbocycles. The minimum Gasteiger partial charge on any atom is -0.462 e. The van der Waals surface area contributed by atoms with E-state index in [-0.39, 0.29) is 5.97 Å². The van der Waals surface area contributed by atoms with E-state index in [0.717, 1.165) is 16.9 Å². The Labute approximate surface area is 134 Å². The highest BCUT2D eigenvalue weighted by Crippen LogP contribution is 2.24. The molecule has 3 aromatic rings. The fourth-order valence-corrected chi connectivity index (χ4v) is 2.40. The summed E-state index contributed by atoms with van der Waals surface area (Å²) in [6.07, 6.45) is 1.72. The summed E-state index contributed by atoms with van der Waals surface area (Å²) in [5.41, 5.74) is 9.70. The first-order valence-corrected chi connectivity index (χ1v) is 7.36. The number of carbonyl (C=O) groups is 1. The number of anilines is 1. The number of hydrogen-bond acceptors (Lipinski definition) is 4. The van der Waals surface area contributed by atoms with Crippen LogP contribution in [-0.2, 0) is 4.74 Å². The molecule has 0 aliphatic rings. The van der Waals surface area contributed by atoms with Crippen molar-refractivity contribution in [3.63, 3.8) is 0 Å². The molecule has 0 saturated heterocycles. The normalized spacial score (nSPS) is 10.5. The maximum atomic E-state index is 11.9. The summed E-state index contributed by atoms with van der Waals surface area (Å²) in [7, 11) is 0. The van der Waals surface area contributed by atoms with Gasteiger partial charge in [0.15, 0.2) is 0 Å². The Morgan fingerprint density at radius 1 is 1.17 bits per heavy atom. The van der Waals surface area contributed by atoms with Crippen LogP contribution in [0.4, 0.5) is 5.69 Å². The van der Waals surface area contributed by atoms with E-state index in [1.165, 1.54) is 0 Å². The highest BCUT2D eigenvalue weighted by atomic mass is 16.5. The van der Waals surface area contributed by atoms with Crippen LogP contribution in [-0.4, -0.2) is 22.4 Å². The van der Waals surface area contributed by atoms with Crippen molar-refractivity contribution in [2.75, 3.05) is 12.3 Å². The van der Waals surface area contributed by atoms with Gasteiger partial charge >= 0.3 is 5.97 Å². The fraction of sp³-hybridized carbons (Fsp3) is 0.111. The molecule has 116 valence electrons. The number of benzene rings is 2. The van der Waals surface area contributed by atoms with Gasteiger partial charge in [0.2, 0.25) is 0 Å². The van der Waals surface area contributed by atoms with Crippen molar-refractivity contribution in [2.24, 2.45) is 0 Å².